The van der Waals surface area contributed by atoms with Crippen molar-refractivity contribution in [3.8, 4) is 22.8 Å². The molecule has 9 nitrogen and oxygen atoms in total. The van der Waals surface area contributed by atoms with Crippen LogP contribution >= 0.6 is 0 Å². The number of pyridine rings is 1. The van der Waals surface area contributed by atoms with Crippen molar-refractivity contribution in [1.29, 1.82) is 0 Å². The molecule has 0 bridgehead atoms. The SMILES string of the molecule is CC(CS(N)(=O)=O)N1Cc2nc(-c3ccccc3)nc(-c3ccn(Cc4cccnc4)n3)c2C1. The van der Waals surface area contributed by atoms with Gasteiger partial charge in [-0.3, -0.25) is 14.6 Å². The summed E-state index contributed by atoms with van der Waals surface area (Å²) in [5.74, 6) is 0.506. The normalized spacial score (nSPS) is 14.8. The largest absolute Gasteiger partial charge is 0.289 e. The van der Waals surface area contributed by atoms with E-state index in [1.54, 1.807) is 6.20 Å². The molecule has 1 aromatic carbocycles. The van der Waals surface area contributed by atoms with Gasteiger partial charge >= 0.3 is 0 Å². The van der Waals surface area contributed by atoms with E-state index in [-0.39, 0.29) is 11.8 Å². The quantitative estimate of drug-likeness (QED) is 0.436. The number of primary sulfonamides is 1. The van der Waals surface area contributed by atoms with Crippen molar-refractivity contribution in [2.24, 2.45) is 5.14 Å². The Hall–Kier alpha value is -3.47. The summed E-state index contributed by atoms with van der Waals surface area (Å²) in [6.07, 6.45) is 5.49. The zero-order valence-electron chi connectivity index (χ0n) is 18.7. The van der Waals surface area contributed by atoms with E-state index in [0.29, 0.717) is 25.5 Å². The predicted molar refractivity (Wildman–Crippen MR) is 129 cm³/mol. The summed E-state index contributed by atoms with van der Waals surface area (Å²) in [7, 11) is -3.59. The second-order valence-corrected chi connectivity index (χ2v) is 10.2. The summed E-state index contributed by atoms with van der Waals surface area (Å²) in [6.45, 7) is 3.53. The number of nitrogens with two attached hydrogens (primary N) is 1. The maximum Gasteiger partial charge on any atom is 0.210 e. The molecule has 0 saturated heterocycles. The summed E-state index contributed by atoms with van der Waals surface area (Å²) in [5, 5.41) is 10.1. The topological polar surface area (TPSA) is 120 Å². The molecule has 0 saturated carbocycles. The molecule has 2 N–H and O–H groups in total. The van der Waals surface area contributed by atoms with Crippen LogP contribution in [0.15, 0.2) is 67.1 Å². The fourth-order valence-corrected chi connectivity index (χ4v) is 5.10. The van der Waals surface area contributed by atoms with Crippen molar-refractivity contribution in [3.63, 3.8) is 0 Å². The highest BCUT2D eigenvalue weighted by Crippen LogP contribution is 2.33. The van der Waals surface area contributed by atoms with E-state index in [4.69, 9.17) is 20.2 Å². The molecular formula is C24H25N7O2S. The van der Waals surface area contributed by atoms with Gasteiger partial charge in [0.05, 0.1) is 23.7 Å². The zero-order valence-corrected chi connectivity index (χ0v) is 19.6. The van der Waals surface area contributed by atoms with Crippen LogP contribution in [0.4, 0.5) is 0 Å². The average Bonchev–Trinajstić information content (AvgIpc) is 3.46. The maximum absolute atomic E-state index is 11.7. The fourth-order valence-electron chi connectivity index (χ4n) is 4.21. The zero-order chi connectivity index (χ0) is 23.7. The predicted octanol–water partition coefficient (Wildman–Crippen LogP) is 2.44. The summed E-state index contributed by atoms with van der Waals surface area (Å²) >= 11 is 0. The van der Waals surface area contributed by atoms with Crippen LogP contribution in [0.1, 0.15) is 23.7 Å². The molecule has 1 aliphatic rings. The molecule has 10 heteroatoms. The third-order valence-corrected chi connectivity index (χ3v) is 6.83. The lowest BCUT2D eigenvalue weighted by Gasteiger charge is -2.22. The van der Waals surface area contributed by atoms with Gasteiger partial charge in [-0.2, -0.15) is 5.10 Å². The van der Waals surface area contributed by atoms with Crippen molar-refractivity contribution >= 4 is 10.0 Å². The number of hydrogen-bond acceptors (Lipinski definition) is 7. The number of sulfonamides is 1. The van der Waals surface area contributed by atoms with Crippen molar-refractivity contribution in [1.82, 2.24) is 29.6 Å². The van der Waals surface area contributed by atoms with Gasteiger partial charge in [0.2, 0.25) is 10.0 Å². The molecule has 174 valence electrons. The van der Waals surface area contributed by atoms with Crippen molar-refractivity contribution in [2.45, 2.75) is 32.6 Å². The lowest BCUT2D eigenvalue weighted by Crippen LogP contribution is -2.36. The molecular weight excluding hydrogens is 450 g/mol. The Balaban J connectivity index is 1.52. The molecule has 0 radical (unpaired) electrons. The Morgan fingerprint density at radius 1 is 1.06 bits per heavy atom. The van der Waals surface area contributed by atoms with Gasteiger partial charge in [-0.1, -0.05) is 36.4 Å². The third kappa shape index (κ3) is 4.89. The molecule has 0 fully saturated rings. The third-order valence-electron chi connectivity index (χ3n) is 5.89. The van der Waals surface area contributed by atoms with E-state index in [1.165, 1.54) is 0 Å². The van der Waals surface area contributed by atoms with Crippen molar-refractivity contribution in [2.75, 3.05) is 5.75 Å². The van der Waals surface area contributed by atoms with Crippen LogP contribution in [0.3, 0.4) is 0 Å². The van der Waals surface area contributed by atoms with E-state index >= 15 is 0 Å². The number of nitrogens with zero attached hydrogens (tertiary/aromatic N) is 6. The highest BCUT2D eigenvalue weighted by molar-refractivity contribution is 7.89. The first-order valence-corrected chi connectivity index (χ1v) is 12.7. The maximum atomic E-state index is 11.7. The summed E-state index contributed by atoms with van der Waals surface area (Å²) in [5.41, 5.74) is 5.33. The first kappa shape index (κ1) is 22.3. The first-order valence-electron chi connectivity index (χ1n) is 11.0. The van der Waals surface area contributed by atoms with E-state index in [0.717, 1.165) is 33.8 Å². The van der Waals surface area contributed by atoms with Crippen LogP contribution in [0.5, 0.6) is 0 Å². The molecule has 1 unspecified atom stereocenters. The summed E-state index contributed by atoms with van der Waals surface area (Å²) < 4.78 is 25.2. The molecule has 0 spiro atoms. The van der Waals surface area contributed by atoms with Crippen LogP contribution in [0, 0.1) is 0 Å². The minimum absolute atomic E-state index is 0.116. The van der Waals surface area contributed by atoms with Crippen LogP contribution in [-0.2, 0) is 29.7 Å². The summed E-state index contributed by atoms with van der Waals surface area (Å²) in [4.78, 5) is 16.0. The number of hydrogen-bond donors (Lipinski definition) is 1. The second kappa shape index (κ2) is 9.05. The van der Waals surface area contributed by atoms with Crippen LogP contribution in [-0.4, -0.2) is 49.8 Å². The molecule has 3 aromatic heterocycles. The van der Waals surface area contributed by atoms with Gasteiger partial charge in [0, 0.05) is 48.8 Å². The van der Waals surface area contributed by atoms with Gasteiger partial charge in [-0.15, -0.1) is 0 Å². The summed E-state index contributed by atoms with van der Waals surface area (Å²) in [6, 6.07) is 15.4. The molecule has 0 aliphatic carbocycles. The van der Waals surface area contributed by atoms with Crippen LogP contribution in [0.25, 0.3) is 22.8 Å². The Labute approximate surface area is 198 Å². The lowest BCUT2D eigenvalue weighted by atomic mass is 10.1. The molecule has 1 aliphatic heterocycles. The lowest BCUT2D eigenvalue weighted by molar-refractivity contribution is 0.227. The fraction of sp³-hybridized carbons (Fsp3) is 0.250. The molecule has 1 atom stereocenters. The van der Waals surface area contributed by atoms with E-state index in [2.05, 4.69) is 9.88 Å². The number of aromatic nitrogens is 5. The van der Waals surface area contributed by atoms with Gasteiger partial charge in [0.1, 0.15) is 5.69 Å². The van der Waals surface area contributed by atoms with Crippen molar-refractivity contribution < 1.29 is 8.42 Å². The molecule has 4 aromatic rings. The van der Waals surface area contributed by atoms with Crippen molar-refractivity contribution in [3.05, 3.63) is 83.9 Å². The second-order valence-electron chi connectivity index (χ2n) is 8.53. The van der Waals surface area contributed by atoms with E-state index in [1.807, 2.05) is 72.5 Å². The number of benzene rings is 1. The molecule has 4 heterocycles. The van der Waals surface area contributed by atoms with Crippen LogP contribution in [0.2, 0.25) is 0 Å². The molecule has 5 rings (SSSR count). The highest BCUT2D eigenvalue weighted by atomic mass is 32.2. The van der Waals surface area contributed by atoms with Gasteiger partial charge in [0.25, 0.3) is 0 Å². The Morgan fingerprint density at radius 3 is 2.62 bits per heavy atom. The average molecular weight is 476 g/mol. The van der Waals surface area contributed by atoms with E-state index in [9.17, 15) is 8.42 Å². The Morgan fingerprint density at radius 2 is 1.88 bits per heavy atom. The van der Waals surface area contributed by atoms with Gasteiger partial charge in [-0.25, -0.2) is 23.5 Å². The Bertz CT molecular complexity index is 1410. The number of rotatable bonds is 7. The standard InChI is InChI=1S/C24H25N7O2S/c1-17(16-34(25,32)33)30-14-20-22(15-30)27-24(19-7-3-2-4-8-19)28-23(20)21-9-11-31(29-21)13-18-6-5-10-26-12-18/h2-12,17H,13-16H2,1H3,(H2,25,32,33). The van der Waals surface area contributed by atoms with Crippen LogP contribution < -0.4 is 5.14 Å². The van der Waals surface area contributed by atoms with Gasteiger partial charge in [-0.05, 0) is 24.6 Å². The Kier molecular flexibility index (Phi) is 5.94. The number of fused-ring (bicyclic) bond motifs is 1. The molecule has 0 amide bonds. The van der Waals surface area contributed by atoms with Gasteiger partial charge < -0.3 is 0 Å². The minimum atomic E-state index is -3.59. The minimum Gasteiger partial charge on any atom is -0.289 e. The monoisotopic (exact) mass is 475 g/mol. The highest BCUT2D eigenvalue weighted by Gasteiger charge is 2.31. The van der Waals surface area contributed by atoms with E-state index < -0.39 is 10.0 Å². The first-order chi connectivity index (χ1) is 16.4. The molecule has 34 heavy (non-hydrogen) atoms. The van der Waals surface area contributed by atoms with Gasteiger partial charge in [0.15, 0.2) is 5.82 Å². The smallest absolute Gasteiger partial charge is 0.210 e.